The van der Waals surface area contributed by atoms with E-state index in [0.717, 1.165) is 17.5 Å². The lowest BCUT2D eigenvalue weighted by Crippen LogP contribution is -2.56. The molecule has 0 aromatic heterocycles. The first-order valence-electron chi connectivity index (χ1n) is 7.65. The number of amides is 1. The average Bonchev–Trinajstić information content (AvgIpc) is 2.94. The Morgan fingerprint density at radius 3 is 2.50 bits per heavy atom. The SMILES string of the molecule is CC(C)C1=C(c2ccc(NS(C)(=O)=O)cc2)NC2NCNN2C1=O. The molecule has 2 heterocycles. The van der Waals surface area contributed by atoms with E-state index in [1.807, 2.05) is 13.8 Å². The standard InChI is InChI=1S/C15H21N5O3S/c1-9(2)12-13(18-15-16-8-17-20(15)14(12)21)10-4-6-11(7-5-10)19-24(3,22)23/h4-7,9,15-19H,8H2,1-3H3. The van der Waals surface area contributed by atoms with E-state index < -0.39 is 10.0 Å². The largest absolute Gasteiger partial charge is 0.351 e. The van der Waals surface area contributed by atoms with Gasteiger partial charge in [0.05, 0.1) is 18.6 Å². The smallest absolute Gasteiger partial charge is 0.269 e. The molecule has 1 aromatic rings. The monoisotopic (exact) mass is 351 g/mol. The maximum atomic E-state index is 12.7. The van der Waals surface area contributed by atoms with Crippen LogP contribution in [0.5, 0.6) is 0 Å². The second kappa shape index (κ2) is 6.08. The number of rotatable bonds is 4. The van der Waals surface area contributed by atoms with Gasteiger partial charge in [0.25, 0.3) is 5.91 Å². The van der Waals surface area contributed by atoms with Crippen molar-refractivity contribution in [1.82, 2.24) is 21.1 Å². The number of hydrazine groups is 1. The van der Waals surface area contributed by atoms with Gasteiger partial charge in [-0.25, -0.2) is 18.9 Å². The maximum Gasteiger partial charge on any atom is 0.269 e. The van der Waals surface area contributed by atoms with Crippen LogP contribution in [-0.4, -0.2) is 38.5 Å². The molecule has 1 saturated heterocycles. The summed E-state index contributed by atoms with van der Waals surface area (Å²) in [5.41, 5.74) is 5.76. The van der Waals surface area contributed by atoms with Crippen molar-refractivity contribution < 1.29 is 13.2 Å². The van der Waals surface area contributed by atoms with Crippen LogP contribution in [0.3, 0.4) is 0 Å². The first-order chi connectivity index (χ1) is 11.3. The predicted molar refractivity (Wildman–Crippen MR) is 91.6 cm³/mol. The van der Waals surface area contributed by atoms with Gasteiger partial charge in [-0.3, -0.25) is 14.8 Å². The molecule has 9 heteroatoms. The lowest BCUT2D eigenvalue weighted by molar-refractivity contribution is -0.132. The van der Waals surface area contributed by atoms with Gasteiger partial charge in [-0.2, -0.15) is 0 Å². The van der Waals surface area contributed by atoms with E-state index in [0.29, 0.717) is 17.9 Å². The Morgan fingerprint density at radius 2 is 1.92 bits per heavy atom. The zero-order chi connectivity index (χ0) is 17.5. The molecule has 24 heavy (non-hydrogen) atoms. The van der Waals surface area contributed by atoms with Gasteiger partial charge < -0.3 is 5.32 Å². The molecule has 8 nitrogen and oxygen atoms in total. The fraction of sp³-hybridized carbons (Fsp3) is 0.400. The number of fused-ring (bicyclic) bond motifs is 1. The molecule has 130 valence electrons. The molecule has 2 aliphatic rings. The van der Waals surface area contributed by atoms with Gasteiger partial charge in [-0.15, -0.1) is 0 Å². The van der Waals surface area contributed by atoms with Crippen LogP contribution in [0.4, 0.5) is 5.69 Å². The molecule has 1 amide bonds. The quantitative estimate of drug-likeness (QED) is 0.618. The summed E-state index contributed by atoms with van der Waals surface area (Å²) >= 11 is 0. The number of carbonyl (C=O) groups excluding carboxylic acids is 1. The number of hydrogen-bond donors (Lipinski definition) is 4. The Bertz CT molecular complexity index is 786. The van der Waals surface area contributed by atoms with Crippen molar-refractivity contribution in [1.29, 1.82) is 0 Å². The normalized spacial score (nSPS) is 21.1. The molecule has 0 radical (unpaired) electrons. The first-order valence-corrected chi connectivity index (χ1v) is 9.55. The van der Waals surface area contributed by atoms with Crippen molar-refractivity contribution >= 4 is 27.3 Å². The molecule has 1 atom stereocenters. The van der Waals surface area contributed by atoms with Crippen LogP contribution in [0.15, 0.2) is 29.8 Å². The Morgan fingerprint density at radius 1 is 1.25 bits per heavy atom. The van der Waals surface area contributed by atoms with E-state index in [9.17, 15) is 13.2 Å². The average molecular weight is 351 g/mol. The Balaban J connectivity index is 1.97. The van der Waals surface area contributed by atoms with E-state index in [2.05, 4.69) is 20.8 Å². The van der Waals surface area contributed by atoms with Gasteiger partial charge in [-0.1, -0.05) is 26.0 Å². The van der Waals surface area contributed by atoms with Crippen molar-refractivity contribution in [3.8, 4) is 0 Å². The molecule has 0 spiro atoms. The minimum Gasteiger partial charge on any atom is -0.351 e. The summed E-state index contributed by atoms with van der Waals surface area (Å²) in [6.07, 6.45) is 0.804. The zero-order valence-corrected chi connectivity index (χ0v) is 14.6. The van der Waals surface area contributed by atoms with Crippen LogP contribution in [0.1, 0.15) is 19.4 Å². The molecule has 1 aromatic carbocycles. The van der Waals surface area contributed by atoms with Crippen molar-refractivity contribution in [2.45, 2.75) is 20.1 Å². The van der Waals surface area contributed by atoms with Gasteiger partial charge in [0.1, 0.15) is 0 Å². The summed E-state index contributed by atoms with van der Waals surface area (Å²) in [5, 5.41) is 8.04. The fourth-order valence-corrected chi connectivity index (χ4v) is 3.42. The number of nitrogens with zero attached hydrogens (tertiary/aromatic N) is 1. The highest BCUT2D eigenvalue weighted by atomic mass is 32.2. The molecule has 3 rings (SSSR count). The van der Waals surface area contributed by atoms with Crippen LogP contribution >= 0.6 is 0 Å². The fourth-order valence-electron chi connectivity index (χ4n) is 2.86. The van der Waals surface area contributed by atoms with E-state index >= 15 is 0 Å². The van der Waals surface area contributed by atoms with E-state index in [1.54, 1.807) is 29.3 Å². The van der Waals surface area contributed by atoms with Crippen LogP contribution < -0.4 is 20.8 Å². The summed E-state index contributed by atoms with van der Waals surface area (Å²) in [6, 6.07) is 6.95. The third-order valence-corrected chi connectivity index (χ3v) is 4.46. The Hall–Kier alpha value is -2.10. The van der Waals surface area contributed by atoms with Gasteiger partial charge in [0, 0.05) is 11.3 Å². The summed E-state index contributed by atoms with van der Waals surface area (Å²) in [6.45, 7) is 4.45. The number of benzene rings is 1. The molecule has 0 saturated carbocycles. The van der Waals surface area contributed by atoms with Crippen LogP contribution in [0, 0.1) is 5.92 Å². The number of nitrogens with one attached hydrogen (secondary N) is 4. The predicted octanol–water partition coefficient (Wildman–Crippen LogP) is 0.206. The molecule has 4 N–H and O–H groups in total. The molecule has 0 bridgehead atoms. The molecule has 0 aliphatic carbocycles. The third-order valence-electron chi connectivity index (χ3n) is 3.86. The minimum absolute atomic E-state index is 0.0390. The van der Waals surface area contributed by atoms with Gasteiger partial charge >= 0.3 is 0 Å². The first kappa shape index (κ1) is 16.7. The van der Waals surface area contributed by atoms with Gasteiger partial charge in [-0.05, 0) is 23.6 Å². The number of hydrogen-bond acceptors (Lipinski definition) is 6. The summed E-state index contributed by atoms with van der Waals surface area (Å²) in [5.74, 6) is -0.0238. The summed E-state index contributed by atoms with van der Waals surface area (Å²) in [7, 11) is -3.32. The molecular weight excluding hydrogens is 330 g/mol. The minimum atomic E-state index is -3.32. The lowest BCUT2D eigenvalue weighted by atomic mass is 9.94. The highest BCUT2D eigenvalue weighted by Gasteiger charge is 2.38. The van der Waals surface area contributed by atoms with E-state index in [1.165, 1.54) is 0 Å². The van der Waals surface area contributed by atoms with Crippen LogP contribution in [-0.2, 0) is 14.8 Å². The molecule has 1 fully saturated rings. The van der Waals surface area contributed by atoms with Crippen LogP contribution in [0.25, 0.3) is 5.70 Å². The van der Waals surface area contributed by atoms with Gasteiger partial charge in [0.2, 0.25) is 10.0 Å². The maximum absolute atomic E-state index is 12.7. The summed E-state index contributed by atoms with van der Waals surface area (Å²) < 4.78 is 25.0. The van der Waals surface area contributed by atoms with Gasteiger partial charge in [0.15, 0.2) is 6.29 Å². The lowest BCUT2D eigenvalue weighted by Gasteiger charge is -2.34. The topological polar surface area (TPSA) is 103 Å². The van der Waals surface area contributed by atoms with Crippen molar-refractivity contribution in [3.05, 3.63) is 35.4 Å². The second-order valence-electron chi connectivity index (χ2n) is 6.16. The van der Waals surface area contributed by atoms with E-state index in [-0.39, 0.29) is 18.1 Å². The molecule has 1 unspecified atom stereocenters. The summed E-state index contributed by atoms with van der Waals surface area (Å²) in [4.78, 5) is 12.7. The molecular formula is C15H21N5O3S. The Labute approximate surface area is 141 Å². The Kier molecular flexibility index (Phi) is 4.24. The van der Waals surface area contributed by atoms with E-state index in [4.69, 9.17) is 0 Å². The van der Waals surface area contributed by atoms with Crippen molar-refractivity contribution in [2.75, 3.05) is 17.6 Å². The molecule has 2 aliphatic heterocycles. The van der Waals surface area contributed by atoms with Crippen molar-refractivity contribution in [3.63, 3.8) is 0 Å². The van der Waals surface area contributed by atoms with Crippen LogP contribution in [0.2, 0.25) is 0 Å². The highest BCUT2D eigenvalue weighted by Crippen LogP contribution is 2.29. The number of sulfonamides is 1. The highest BCUT2D eigenvalue weighted by molar-refractivity contribution is 7.92. The number of anilines is 1. The zero-order valence-electron chi connectivity index (χ0n) is 13.8. The van der Waals surface area contributed by atoms with Crippen molar-refractivity contribution in [2.24, 2.45) is 5.92 Å². The third kappa shape index (κ3) is 3.23. The number of carbonyl (C=O) groups is 1. The second-order valence-corrected chi connectivity index (χ2v) is 7.90.